The smallest absolute Gasteiger partial charge is 0.222 e. The predicted octanol–water partition coefficient (Wildman–Crippen LogP) is 8.87. The molecule has 0 saturated carbocycles. The van der Waals surface area contributed by atoms with Crippen LogP contribution in [-0.4, -0.2) is 105 Å². The Morgan fingerprint density at radius 3 is 1.48 bits per heavy atom. The van der Waals surface area contributed by atoms with Crippen molar-refractivity contribution in [2.45, 2.75) is 73.4 Å². The van der Waals surface area contributed by atoms with Crippen LogP contribution in [0.5, 0.6) is 0 Å². The molecule has 2 N–H and O–H groups in total. The number of thiophene rings is 2. The van der Waals surface area contributed by atoms with Gasteiger partial charge in [-0.05, 0) is 76.9 Å². The molecule has 0 spiro atoms. The van der Waals surface area contributed by atoms with E-state index in [1.807, 2.05) is 78.4 Å². The second-order valence-corrected chi connectivity index (χ2v) is 20.9. The Balaban J connectivity index is 0.846. The highest BCUT2D eigenvalue weighted by Crippen LogP contribution is 2.41. The number of amides is 2. The number of nitrogens with zero attached hydrogens (tertiary/aromatic N) is 8. The fourth-order valence-electron chi connectivity index (χ4n) is 8.44. The summed E-state index contributed by atoms with van der Waals surface area (Å²) in [6.07, 6.45) is 1.82. The molecule has 4 aromatic heterocycles. The number of halogens is 2. The molecule has 6 heterocycles. The van der Waals surface area contributed by atoms with Gasteiger partial charge in [-0.15, -0.1) is 49.6 Å². The van der Waals surface area contributed by atoms with Gasteiger partial charge in [0.2, 0.25) is 11.8 Å². The first-order chi connectivity index (χ1) is 33.2. The van der Waals surface area contributed by atoms with E-state index in [4.69, 9.17) is 47.4 Å². The second-order valence-electron chi connectivity index (χ2n) is 17.6. The minimum atomic E-state index is -0.586. The maximum atomic E-state index is 13.6. The summed E-state index contributed by atoms with van der Waals surface area (Å²) in [7, 11) is 0. The van der Waals surface area contributed by atoms with E-state index in [0.29, 0.717) is 48.1 Å². The van der Waals surface area contributed by atoms with Crippen molar-refractivity contribution in [1.29, 1.82) is 0 Å². The van der Waals surface area contributed by atoms with Crippen LogP contribution in [0.15, 0.2) is 71.2 Å². The number of benzene rings is 2. The summed E-state index contributed by atoms with van der Waals surface area (Å²) in [5.41, 5.74) is 7.10. The molecule has 0 radical (unpaired) electrons. The van der Waals surface area contributed by atoms with Crippen molar-refractivity contribution >= 4 is 69.1 Å². The Bertz CT molecular complexity index is 2730. The third kappa shape index (κ3) is 11.0. The van der Waals surface area contributed by atoms with E-state index in [9.17, 15) is 9.59 Å². The highest BCUT2D eigenvalue weighted by molar-refractivity contribution is 7.15. The minimum Gasteiger partial charge on any atom is -0.379 e. The van der Waals surface area contributed by atoms with Gasteiger partial charge in [0, 0.05) is 60.6 Å². The number of carbonyl (C=O) groups is 2. The zero-order valence-electron chi connectivity index (χ0n) is 39.8. The van der Waals surface area contributed by atoms with Crippen molar-refractivity contribution < 1.29 is 23.8 Å². The number of nitrogens with one attached hydrogen (secondary N) is 2. The SMILES string of the molecule is C=CCOCC(C)(COCCNC(=O)C[C@@H]1N=C(c2ccc(Cl)cc2)c2c(sc(C)c2C)-n2c(C)nnc21)COCCNC(=O)C[C@@H]1N=C(c2ccc(Cl)cc2)c2c(sc(C)c2C)-n2c(C)nnc21. The molecule has 2 aliphatic heterocycles. The summed E-state index contributed by atoms with van der Waals surface area (Å²) in [5.74, 6) is 2.29. The van der Waals surface area contributed by atoms with E-state index in [-0.39, 0.29) is 51.0 Å². The van der Waals surface area contributed by atoms with E-state index in [1.54, 1.807) is 28.7 Å². The fraction of sp³-hybridized carbons (Fsp3) is 0.400. The lowest BCUT2D eigenvalue weighted by Gasteiger charge is -2.29. The summed E-state index contributed by atoms with van der Waals surface area (Å²) < 4.78 is 22.2. The highest BCUT2D eigenvalue weighted by Gasteiger charge is 2.34. The molecule has 2 aromatic carbocycles. The van der Waals surface area contributed by atoms with E-state index < -0.39 is 17.5 Å². The normalized spacial score (nSPS) is 15.3. The number of aryl methyl sites for hydroxylation is 4. The Morgan fingerprint density at radius 2 is 1.07 bits per heavy atom. The lowest BCUT2D eigenvalue weighted by molar-refractivity contribution is -0.122. The van der Waals surface area contributed by atoms with E-state index >= 15 is 0 Å². The standard InChI is InChI=1S/C50H56Cl2N10O5S2/c1-9-20-65-25-50(8,26-66-21-18-53-40(63)23-38-46-59-57-32(6)61(46)48-42(28(2)30(4)68-48)44(55-38)34-10-14-36(51)15-11-34)27-67-22-19-54-41(64)24-39-47-60-58-33(7)62(47)49-43(29(3)31(5)69-49)45(56-39)35-12-16-37(52)17-13-35/h9-17,38-39H,1,18-27H2,2-8H3,(H,53,63)(H,54,64)/t38-,39-/m0/s1. The molecule has 0 saturated heterocycles. The maximum Gasteiger partial charge on any atom is 0.222 e. The lowest BCUT2D eigenvalue weighted by Crippen LogP contribution is -2.37. The van der Waals surface area contributed by atoms with Crippen LogP contribution >= 0.6 is 45.9 Å². The fourth-order valence-corrected chi connectivity index (χ4v) is 11.1. The van der Waals surface area contributed by atoms with Crippen molar-refractivity contribution in [3.05, 3.63) is 138 Å². The number of aromatic nitrogens is 6. The number of hydrogen-bond donors (Lipinski definition) is 2. The average Bonchev–Trinajstić information content (AvgIpc) is 4.01. The molecular formula is C50H56Cl2N10O5S2. The molecule has 0 fully saturated rings. The van der Waals surface area contributed by atoms with Crippen LogP contribution < -0.4 is 10.6 Å². The molecule has 8 rings (SSSR count). The first kappa shape index (κ1) is 50.0. The van der Waals surface area contributed by atoms with Crippen LogP contribution in [0.3, 0.4) is 0 Å². The summed E-state index contributed by atoms with van der Waals surface area (Å²) in [6.45, 7) is 20.4. The van der Waals surface area contributed by atoms with Gasteiger partial charge in [0.25, 0.3) is 0 Å². The van der Waals surface area contributed by atoms with Gasteiger partial charge >= 0.3 is 0 Å². The first-order valence-electron chi connectivity index (χ1n) is 22.8. The van der Waals surface area contributed by atoms with E-state index in [0.717, 1.165) is 66.5 Å². The van der Waals surface area contributed by atoms with Gasteiger partial charge in [-0.25, -0.2) is 0 Å². The predicted molar refractivity (Wildman–Crippen MR) is 273 cm³/mol. The van der Waals surface area contributed by atoms with Gasteiger partial charge < -0.3 is 24.8 Å². The molecule has 2 aliphatic rings. The van der Waals surface area contributed by atoms with Crippen molar-refractivity contribution in [1.82, 2.24) is 40.2 Å². The highest BCUT2D eigenvalue weighted by atomic mass is 35.5. The van der Waals surface area contributed by atoms with Crippen molar-refractivity contribution in [2.24, 2.45) is 15.4 Å². The Labute approximate surface area is 420 Å². The number of hydrogen-bond acceptors (Lipinski definition) is 13. The summed E-state index contributed by atoms with van der Waals surface area (Å²) in [4.78, 5) is 39.9. The molecule has 2 amide bonds. The summed E-state index contributed by atoms with van der Waals surface area (Å²) in [5, 5.41) is 27.1. The largest absolute Gasteiger partial charge is 0.379 e. The average molecular weight is 1010 g/mol. The van der Waals surface area contributed by atoms with Crippen LogP contribution in [0.2, 0.25) is 10.0 Å². The molecule has 0 unspecified atom stereocenters. The molecular weight excluding hydrogens is 956 g/mol. The molecule has 362 valence electrons. The van der Waals surface area contributed by atoms with Crippen LogP contribution in [0.4, 0.5) is 0 Å². The third-order valence-electron chi connectivity index (χ3n) is 12.2. The lowest BCUT2D eigenvalue weighted by atomic mass is 9.94. The van der Waals surface area contributed by atoms with Crippen LogP contribution in [0.1, 0.15) is 98.3 Å². The third-order valence-corrected chi connectivity index (χ3v) is 15.1. The molecule has 6 aromatic rings. The van der Waals surface area contributed by atoms with Gasteiger partial charge in [0.15, 0.2) is 11.6 Å². The number of ether oxygens (including phenoxy) is 3. The summed E-state index contributed by atoms with van der Waals surface area (Å²) in [6, 6.07) is 14.0. The number of carbonyl (C=O) groups excluding carboxylic acids is 2. The molecule has 19 heteroatoms. The van der Waals surface area contributed by atoms with Crippen molar-refractivity contribution in [2.75, 3.05) is 52.7 Å². The van der Waals surface area contributed by atoms with E-state index in [2.05, 4.69) is 65.3 Å². The molecule has 15 nitrogen and oxygen atoms in total. The van der Waals surface area contributed by atoms with Gasteiger partial charge in [-0.1, -0.05) is 60.5 Å². The van der Waals surface area contributed by atoms with Gasteiger partial charge in [0.05, 0.1) is 63.9 Å². The molecule has 2 atom stereocenters. The van der Waals surface area contributed by atoms with Crippen LogP contribution in [-0.2, 0) is 23.8 Å². The quantitative estimate of drug-likeness (QED) is 0.0560. The zero-order valence-corrected chi connectivity index (χ0v) is 43.0. The maximum absolute atomic E-state index is 13.6. The van der Waals surface area contributed by atoms with Crippen molar-refractivity contribution in [3.8, 4) is 10.0 Å². The van der Waals surface area contributed by atoms with Gasteiger partial charge in [-0.3, -0.25) is 28.7 Å². The molecule has 0 bridgehead atoms. The van der Waals surface area contributed by atoms with Crippen LogP contribution in [0, 0.1) is 47.0 Å². The van der Waals surface area contributed by atoms with Gasteiger partial charge in [-0.2, -0.15) is 0 Å². The number of fused-ring (bicyclic) bond motifs is 6. The summed E-state index contributed by atoms with van der Waals surface area (Å²) >= 11 is 15.9. The molecule has 69 heavy (non-hydrogen) atoms. The molecule has 0 aliphatic carbocycles. The number of rotatable bonds is 20. The first-order valence-corrected chi connectivity index (χ1v) is 25.2. The Morgan fingerprint density at radius 1 is 0.667 bits per heavy atom. The second kappa shape index (κ2) is 21.7. The van der Waals surface area contributed by atoms with Crippen LogP contribution in [0.25, 0.3) is 10.0 Å². The topological polar surface area (TPSA) is 172 Å². The van der Waals surface area contributed by atoms with Gasteiger partial charge in [0.1, 0.15) is 33.7 Å². The Hall–Kier alpha value is -5.40. The Kier molecular flexibility index (Phi) is 15.7. The van der Waals surface area contributed by atoms with Crippen molar-refractivity contribution in [3.63, 3.8) is 0 Å². The van der Waals surface area contributed by atoms with E-state index in [1.165, 1.54) is 9.75 Å². The monoisotopic (exact) mass is 1010 g/mol. The number of aliphatic imine (C=N–C) groups is 2. The minimum absolute atomic E-state index is 0.0640. The zero-order chi connectivity index (χ0) is 49.0.